The van der Waals surface area contributed by atoms with Crippen LogP contribution in [0.4, 0.5) is 0 Å². The molecule has 1 heterocycles. The lowest BCUT2D eigenvalue weighted by Gasteiger charge is -2.26. The van der Waals surface area contributed by atoms with Crippen molar-refractivity contribution in [3.8, 4) is 0 Å². The Morgan fingerprint density at radius 1 is 1.30 bits per heavy atom. The first-order valence-electron chi connectivity index (χ1n) is 7.18. The van der Waals surface area contributed by atoms with Crippen LogP contribution in [0.25, 0.3) is 0 Å². The van der Waals surface area contributed by atoms with E-state index in [1.54, 1.807) is 20.0 Å². The molecule has 0 radical (unpaired) electrons. The van der Waals surface area contributed by atoms with Crippen LogP contribution in [0.15, 0.2) is 15.4 Å². The van der Waals surface area contributed by atoms with Gasteiger partial charge in [0, 0.05) is 12.1 Å². The summed E-state index contributed by atoms with van der Waals surface area (Å²) >= 11 is 0. The van der Waals surface area contributed by atoms with Crippen LogP contribution in [0.5, 0.6) is 0 Å². The van der Waals surface area contributed by atoms with Gasteiger partial charge in [-0.25, -0.2) is 13.1 Å². The lowest BCUT2D eigenvalue weighted by molar-refractivity contribution is 0.332. The molecule has 0 amide bonds. The molecule has 1 saturated carbocycles. The normalized spacial score (nSPS) is 23.9. The molecular weight excluding hydrogens is 276 g/mol. The number of aryl methyl sites for hydroxylation is 1. The summed E-state index contributed by atoms with van der Waals surface area (Å²) in [5, 5.41) is 2.95. The fraction of sp³-hybridized carbons (Fsp3) is 0.714. The summed E-state index contributed by atoms with van der Waals surface area (Å²) in [6.07, 6.45) is 4.01. The molecule has 1 aromatic heterocycles. The summed E-state index contributed by atoms with van der Waals surface area (Å²) in [6, 6.07) is 1.66. The Labute approximate surface area is 121 Å². The van der Waals surface area contributed by atoms with Gasteiger partial charge in [0.1, 0.15) is 16.4 Å². The van der Waals surface area contributed by atoms with Gasteiger partial charge in [0.25, 0.3) is 0 Å². The zero-order valence-electron chi connectivity index (χ0n) is 12.4. The van der Waals surface area contributed by atoms with E-state index in [1.165, 1.54) is 0 Å². The van der Waals surface area contributed by atoms with Crippen molar-refractivity contribution < 1.29 is 12.8 Å². The van der Waals surface area contributed by atoms with Crippen LogP contribution < -0.4 is 10.0 Å². The quantitative estimate of drug-likeness (QED) is 0.874. The Bertz CT molecular complexity index is 543. The van der Waals surface area contributed by atoms with E-state index in [2.05, 4.69) is 17.0 Å². The summed E-state index contributed by atoms with van der Waals surface area (Å²) in [5.41, 5.74) is 0. The second-order valence-electron chi connectivity index (χ2n) is 5.74. The van der Waals surface area contributed by atoms with Crippen LogP contribution in [-0.2, 0) is 16.6 Å². The summed E-state index contributed by atoms with van der Waals surface area (Å²) in [7, 11) is -1.68. The number of sulfonamides is 1. The molecule has 1 aliphatic carbocycles. The molecule has 1 aliphatic rings. The highest BCUT2D eigenvalue weighted by Gasteiger charge is 2.27. The number of furan rings is 1. The van der Waals surface area contributed by atoms with E-state index in [0.29, 0.717) is 24.0 Å². The first-order chi connectivity index (χ1) is 9.42. The van der Waals surface area contributed by atoms with E-state index < -0.39 is 10.0 Å². The molecule has 0 atom stereocenters. The molecule has 6 heteroatoms. The summed E-state index contributed by atoms with van der Waals surface area (Å²) < 4.78 is 33.1. The Morgan fingerprint density at radius 2 is 1.95 bits per heavy atom. The molecule has 2 rings (SSSR count). The molecule has 0 aromatic carbocycles. The van der Waals surface area contributed by atoms with Crippen LogP contribution in [0.3, 0.4) is 0 Å². The molecule has 1 aromatic rings. The molecule has 114 valence electrons. The van der Waals surface area contributed by atoms with Gasteiger partial charge in [0.05, 0.1) is 6.54 Å². The first-order valence-corrected chi connectivity index (χ1v) is 8.67. The number of nitrogens with one attached hydrogen (secondary N) is 2. The third-order valence-electron chi connectivity index (χ3n) is 3.90. The molecule has 0 aliphatic heterocycles. The lowest BCUT2D eigenvalue weighted by Crippen LogP contribution is -2.37. The average molecular weight is 300 g/mol. The zero-order valence-corrected chi connectivity index (χ0v) is 13.2. The summed E-state index contributed by atoms with van der Waals surface area (Å²) in [6.45, 7) is 4.43. The van der Waals surface area contributed by atoms with Gasteiger partial charge in [-0.2, -0.15) is 0 Å². The van der Waals surface area contributed by atoms with Crippen molar-refractivity contribution in [1.82, 2.24) is 10.0 Å². The molecule has 20 heavy (non-hydrogen) atoms. The number of hydrogen-bond acceptors (Lipinski definition) is 4. The maximum Gasteiger partial charge on any atom is 0.244 e. The Hall–Kier alpha value is -0.850. The molecule has 0 bridgehead atoms. The maximum absolute atomic E-state index is 12.4. The van der Waals surface area contributed by atoms with Crippen LogP contribution in [0.2, 0.25) is 0 Å². The average Bonchev–Trinajstić information content (AvgIpc) is 2.74. The van der Waals surface area contributed by atoms with Crippen molar-refractivity contribution in [3.63, 3.8) is 0 Å². The van der Waals surface area contributed by atoms with Gasteiger partial charge >= 0.3 is 0 Å². The predicted octanol–water partition coefficient (Wildman–Crippen LogP) is 2.16. The van der Waals surface area contributed by atoms with Crippen molar-refractivity contribution in [1.29, 1.82) is 0 Å². The second-order valence-corrected chi connectivity index (χ2v) is 7.42. The highest BCUT2D eigenvalue weighted by atomic mass is 32.2. The fourth-order valence-electron chi connectivity index (χ4n) is 2.71. The molecule has 0 saturated heterocycles. The highest BCUT2D eigenvalue weighted by Crippen LogP contribution is 2.26. The van der Waals surface area contributed by atoms with Gasteiger partial charge in [0.15, 0.2) is 0 Å². The molecule has 5 nitrogen and oxygen atoms in total. The molecule has 0 spiro atoms. The van der Waals surface area contributed by atoms with E-state index in [4.69, 9.17) is 4.42 Å². The van der Waals surface area contributed by atoms with Gasteiger partial charge in [-0.15, -0.1) is 0 Å². The predicted molar refractivity (Wildman–Crippen MR) is 78.0 cm³/mol. The van der Waals surface area contributed by atoms with Crippen molar-refractivity contribution in [3.05, 3.63) is 17.6 Å². The number of rotatable bonds is 5. The third kappa shape index (κ3) is 3.62. The van der Waals surface area contributed by atoms with E-state index in [9.17, 15) is 8.42 Å². The minimum absolute atomic E-state index is 0.0539. The highest BCUT2D eigenvalue weighted by molar-refractivity contribution is 7.89. The van der Waals surface area contributed by atoms with Gasteiger partial charge in [0.2, 0.25) is 10.0 Å². The van der Waals surface area contributed by atoms with Gasteiger partial charge in [-0.3, -0.25) is 0 Å². The van der Waals surface area contributed by atoms with Crippen LogP contribution in [0, 0.1) is 12.8 Å². The minimum atomic E-state index is -3.48. The molecule has 2 N–H and O–H groups in total. The van der Waals surface area contributed by atoms with E-state index in [1.807, 2.05) is 0 Å². The van der Waals surface area contributed by atoms with Gasteiger partial charge in [-0.05, 0) is 45.6 Å². The van der Waals surface area contributed by atoms with Crippen molar-refractivity contribution in [2.45, 2.75) is 57.0 Å². The van der Waals surface area contributed by atoms with E-state index in [0.717, 1.165) is 25.7 Å². The fourth-order valence-corrected chi connectivity index (χ4v) is 4.22. The monoisotopic (exact) mass is 300 g/mol. The van der Waals surface area contributed by atoms with Gasteiger partial charge < -0.3 is 9.73 Å². The smallest absolute Gasteiger partial charge is 0.244 e. The molecule has 1 fully saturated rings. The topological polar surface area (TPSA) is 71.3 Å². The Morgan fingerprint density at radius 3 is 2.55 bits per heavy atom. The SMILES string of the molecule is CNCc1cc(S(=O)(=O)NC2CCC(C)CC2)c(C)o1. The third-order valence-corrected chi connectivity index (χ3v) is 5.53. The second kappa shape index (κ2) is 6.28. The van der Waals surface area contributed by atoms with E-state index >= 15 is 0 Å². The Kier molecular flexibility index (Phi) is 4.88. The van der Waals surface area contributed by atoms with Crippen LogP contribution in [0.1, 0.15) is 44.1 Å². The van der Waals surface area contributed by atoms with Gasteiger partial charge in [-0.1, -0.05) is 6.92 Å². The van der Waals surface area contributed by atoms with Crippen LogP contribution in [-0.4, -0.2) is 21.5 Å². The van der Waals surface area contributed by atoms with Crippen molar-refractivity contribution in [2.75, 3.05) is 7.05 Å². The molecule has 0 unspecified atom stereocenters. The molecular formula is C14H24N2O3S. The summed E-state index contributed by atoms with van der Waals surface area (Å²) in [4.78, 5) is 0.265. The zero-order chi connectivity index (χ0) is 14.8. The Balaban J connectivity index is 2.10. The van der Waals surface area contributed by atoms with E-state index in [-0.39, 0.29) is 10.9 Å². The maximum atomic E-state index is 12.4. The van der Waals surface area contributed by atoms with Crippen molar-refractivity contribution in [2.24, 2.45) is 5.92 Å². The largest absolute Gasteiger partial charge is 0.464 e. The standard InChI is InChI=1S/C14H24N2O3S/c1-10-4-6-12(7-5-10)16-20(17,18)14-8-13(9-15-3)19-11(14)2/h8,10,12,15-16H,4-7,9H2,1-3H3. The minimum Gasteiger partial charge on any atom is -0.464 e. The summed E-state index contributed by atoms with van der Waals surface area (Å²) in [5.74, 6) is 1.79. The van der Waals surface area contributed by atoms with Crippen LogP contribution >= 0.6 is 0 Å². The first kappa shape index (κ1) is 15.5. The van der Waals surface area contributed by atoms with Crippen molar-refractivity contribution >= 4 is 10.0 Å². The number of hydrogen-bond donors (Lipinski definition) is 2. The lowest BCUT2D eigenvalue weighted by atomic mass is 9.88.